The van der Waals surface area contributed by atoms with Crippen LogP contribution in [0.5, 0.6) is 0 Å². The van der Waals surface area contributed by atoms with E-state index in [0.29, 0.717) is 18.8 Å². The quantitative estimate of drug-likeness (QED) is 0.663. The molecule has 1 saturated heterocycles. The molecular formula is C20H29N4O3+. The summed E-state index contributed by atoms with van der Waals surface area (Å²) in [5.41, 5.74) is 0.989. The minimum absolute atomic E-state index is 0.0660. The van der Waals surface area contributed by atoms with Gasteiger partial charge in [0.15, 0.2) is 6.67 Å². The van der Waals surface area contributed by atoms with Crippen molar-refractivity contribution in [3.8, 4) is 0 Å². The van der Waals surface area contributed by atoms with Crippen molar-refractivity contribution in [3.63, 3.8) is 0 Å². The largest absolute Gasteiger partial charge is 0.355 e. The van der Waals surface area contributed by atoms with Crippen LogP contribution in [-0.4, -0.2) is 49.0 Å². The van der Waals surface area contributed by atoms with Crippen LogP contribution in [0.25, 0.3) is 0 Å². The monoisotopic (exact) mass is 373 g/mol. The van der Waals surface area contributed by atoms with Crippen molar-refractivity contribution in [3.05, 3.63) is 35.4 Å². The Morgan fingerprint density at radius 3 is 2.37 bits per heavy atom. The zero-order chi connectivity index (χ0) is 19.4. The zero-order valence-corrected chi connectivity index (χ0v) is 16.1. The molecule has 2 aliphatic rings. The third-order valence-electron chi connectivity index (χ3n) is 5.58. The molecule has 3 N–H and O–H groups in total. The van der Waals surface area contributed by atoms with Crippen LogP contribution in [0.1, 0.15) is 54.4 Å². The van der Waals surface area contributed by atoms with E-state index in [0.717, 1.165) is 49.0 Å². The van der Waals surface area contributed by atoms with Crippen LogP contribution in [0.15, 0.2) is 24.3 Å². The average Bonchev–Trinajstić information content (AvgIpc) is 2.83. The number of benzene rings is 1. The van der Waals surface area contributed by atoms with Gasteiger partial charge in [0.2, 0.25) is 0 Å². The molecule has 1 heterocycles. The number of quaternary nitrogens is 1. The molecule has 146 valence electrons. The number of amides is 4. The van der Waals surface area contributed by atoms with Gasteiger partial charge in [-0.1, -0.05) is 37.8 Å². The molecule has 3 rings (SSSR count). The lowest BCUT2D eigenvalue weighted by Crippen LogP contribution is -3.09. The molecule has 0 aromatic heterocycles. The highest BCUT2D eigenvalue weighted by molar-refractivity contribution is 6.06. The molecule has 1 aromatic rings. The number of carbonyl (C=O) groups is 3. The lowest BCUT2D eigenvalue weighted by atomic mass is 9.90. The summed E-state index contributed by atoms with van der Waals surface area (Å²) < 4.78 is 0. The number of hydrogen-bond acceptors (Lipinski definition) is 3. The van der Waals surface area contributed by atoms with Crippen LogP contribution in [-0.2, 0) is 11.3 Å². The average molecular weight is 373 g/mol. The predicted octanol–water partition coefficient (Wildman–Crippen LogP) is 0.663. The Balaban J connectivity index is 1.62. The second kappa shape index (κ2) is 8.08. The van der Waals surface area contributed by atoms with Gasteiger partial charge in [-0.3, -0.25) is 9.59 Å². The number of carbonyl (C=O) groups excluding carboxylic acids is 3. The number of nitrogens with zero attached hydrogens (tertiary/aromatic N) is 1. The molecule has 1 aromatic carbocycles. The lowest BCUT2D eigenvalue weighted by Gasteiger charge is -2.25. The molecule has 0 bridgehead atoms. The summed E-state index contributed by atoms with van der Waals surface area (Å²) in [7, 11) is 3.57. The summed E-state index contributed by atoms with van der Waals surface area (Å²) in [6.45, 7) is 1.00. The third-order valence-corrected chi connectivity index (χ3v) is 5.58. The van der Waals surface area contributed by atoms with Crippen LogP contribution >= 0.6 is 0 Å². The van der Waals surface area contributed by atoms with Crippen molar-refractivity contribution in [2.45, 2.75) is 50.6 Å². The van der Waals surface area contributed by atoms with Gasteiger partial charge in [0.1, 0.15) is 12.1 Å². The maximum Gasteiger partial charge on any atom is 0.329 e. The molecule has 1 aliphatic heterocycles. The molecule has 1 unspecified atom stereocenters. The van der Waals surface area contributed by atoms with Gasteiger partial charge in [-0.25, -0.2) is 9.69 Å². The van der Waals surface area contributed by atoms with Gasteiger partial charge in [0.25, 0.3) is 11.8 Å². The van der Waals surface area contributed by atoms with E-state index in [2.05, 4.69) is 10.6 Å². The minimum Gasteiger partial charge on any atom is -0.355 e. The van der Waals surface area contributed by atoms with Gasteiger partial charge in [-0.15, -0.1) is 0 Å². The summed E-state index contributed by atoms with van der Waals surface area (Å²) in [6, 6.07) is 7.13. The topological polar surface area (TPSA) is 82.9 Å². The highest BCUT2D eigenvalue weighted by Crippen LogP contribution is 2.32. The smallest absolute Gasteiger partial charge is 0.329 e. The first-order valence-corrected chi connectivity index (χ1v) is 9.71. The Morgan fingerprint density at radius 1 is 1.15 bits per heavy atom. The van der Waals surface area contributed by atoms with Gasteiger partial charge >= 0.3 is 6.03 Å². The molecule has 0 radical (unpaired) electrons. The highest BCUT2D eigenvalue weighted by Gasteiger charge is 2.51. The summed E-state index contributed by atoms with van der Waals surface area (Å²) in [6.07, 6.45) is 5.72. The van der Waals surface area contributed by atoms with E-state index in [9.17, 15) is 14.4 Å². The number of imide groups is 1. The zero-order valence-electron chi connectivity index (χ0n) is 16.1. The fourth-order valence-corrected chi connectivity index (χ4v) is 4.08. The summed E-state index contributed by atoms with van der Waals surface area (Å²) >= 11 is 0. The van der Waals surface area contributed by atoms with E-state index in [4.69, 9.17) is 0 Å². The summed E-state index contributed by atoms with van der Waals surface area (Å²) in [5, 5.41) is 5.58. The molecule has 7 nitrogen and oxygen atoms in total. The first-order chi connectivity index (χ1) is 12.9. The maximum atomic E-state index is 13.0. The van der Waals surface area contributed by atoms with Crippen molar-refractivity contribution in [2.75, 3.05) is 20.8 Å². The van der Waals surface area contributed by atoms with Crippen LogP contribution in [0.4, 0.5) is 4.79 Å². The number of hydrogen-bond donors (Lipinski definition) is 3. The Labute approximate surface area is 160 Å². The van der Waals surface area contributed by atoms with E-state index in [1.54, 1.807) is 19.2 Å². The molecule has 7 heteroatoms. The summed E-state index contributed by atoms with van der Waals surface area (Å²) in [5.74, 6) is -0.181. The van der Waals surface area contributed by atoms with Crippen LogP contribution < -0.4 is 15.5 Å². The lowest BCUT2D eigenvalue weighted by molar-refractivity contribution is -0.901. The number of rotatable bonds is 5. The van der Waals surface area contributed by atoms with Gasteiger partial charge in [0.05, 0.1) is 7.05 Å². The molecule has 4 amide bonds. The highest BCUT2D eigenvalue weighted by atomic mass is 16.2. The normalized spacial score (nSPS) is 20.3. The molecule has 27 heavy (non-hydrogen) atoms. The third kappa shape index (κ3) is 4.13. The first kappa shape index (κ1) is 19.4. The Morgan fingerprint density at radius 2 is 1.78 bits per heavy atom. The fraction of sp³-hybridized carbons (Fsp3) is 0.550. The van der Waals surface area contributed by atoms with Gasteiger partial charge in [-0.05, 0) is 25.0 Å². The molecule has 1 saturated carbocycles. The van der Waals surface area contributed by atoms with E-state index in [-0.39, 0.29) is 17.8 Å². The number of urea groups is 1. The fourth-order valence-electron chi connectivity index (χ4n) is 4.08. The Kier molecular flexibility index (Phi) is 5.79. The van der Waals surface area contributed by atoms with E-state index in [1.807, 2.05) is 19.2 Å². The van der Waals surface area contributed by atoms with Gasteiger partial charge < -0.3 is 15.5 Å². The van der Waals surface area contributed by atoms with E-state index in [1.165, 1.54) is 4.90 Å². The van der Waals surface area contributed by atoms with Crippen molar-refractivity contribution >= 4 is 17.8 Å². The predicted molar refractivity (Wildman–Crippen MR) is 101 cm³/mol. The second-order valence-corrected chi connectivity index (χ2v) is 7.73. The minimum atomic E-state index is -0.678. The van der Waals surface area contributed by atoms with Crippen LogP contribution in [0.3, 0.4) is 0 Å². The second-order valence-electron chi connectivity index (χ2n) is 7.73. The summed E-state index contributed by atoms with van der Waals surface area (Å²) in [4.78, 5) is 39.4. The number of nitrogens with one attached hydrogen (secondary N) is 3. The van der Waals surface area contributed by atoms with E-state index >= 15 is 0 Å². The maximum absolute atomic E-state index is 13.0. The van der Waals surface area contributed by atoms with Crippen molar-refractivity contribution in [2.24, 2.45) is 0 Å². The van der Waals surface area contributed by atoms with E-state index < -0.39 is 5.54 Å². The van der Waals surface area contributed by atoms with Crippen molar-refractivity contribution in [1.29, 1.82) is 0 Å². The van der Waals surface area contributed by atoms with Gasteiger partial charge in [-0.2, -0.15) is 0 Å². The first-order valence-electron chi connectivity index (χ1n) is 9.71. The molecule has 1 atom stereocenters. The molecule has 2 fully saturated rings. The van der Waals surface area contributed by atoms with Crippen LogP contribution in [0, 0.1) is 0 Å². The van der Waals surface area contributed by atoms with Crippen molar-refractivity contribution < 1.29 is 19.3 Å². The molecule has 1 spiro atoms. The van der Waals surface area contributed by atoms with Crippen molar-refractivity contribution in [1.82, 2.24) is 15.5 Å². The Bertz CT molecular complexity index is 708. The molecule has 1 aliphatic carbocycles. The SMILES string of the molecule is CNC(=O)c1ccc(C[NH+](C)CN2C(=O)NC3(CCCCCC3)C2=O)cc1. The van der Waals surface area contributed by atoms with Crippen LogP contribution in [0.2, 0.25) is 0 Å². The van der Waals surface area contributed by atoms with Gasteiger partial charge in [0, 0.05) is 18.2 Å². The Hall–Kier alpha value is -2.41. The molecular weight excluding hydrogens is 344 g/mol. The standard InChI is InChI=1S/C20H28N4O3/c1-21-17(25)16-9-7-15(8-10-16)13-23(2)14-24-18(26)20(22-19(24)27)11-5-3-4-6-12-20/h7-10H,3-6,11-14H2,1-2H3,(H,21,25)(H,22,27)/p+1.